The first-order valence-electron chi connectivity index (χ1n) is 7.87. The van der Waals surface area contributed by atoms with Gasteiger partial charge >= 0.3 is 6.03 Å². The van der Waals surface area contributed by atoms with Gasteiger partial charge in [0.25, 0.3) is 0 Å². The minimum atomic E-state index is -0.0531. The number of carbonyl (C=O) groups excluding carboxylic acids is 1. The molecule has 3 rings (SSSR count). The lowest BCUT2D eigenvalue weighted by Gasteiger charge is -2.37. The Hall–Kier alpha value is -1.95. The summed E-state index contributed by atoms with van der Waals surface area (Å²) >= 11 is 0. The number of anilines is 1. The van der Waals surface area contributed by atoms with E-state index in [1.54, 1.807) is 6.07 Å². The van der Waals surface area contributed by atoms with Crippen LogP contribution < -0.4 is 14.8 Å². The molecular weight excluding hydrogens is 282 g/mol. The summed E-state index contributed by atoms with van der Waals surface area (Å²) in [5.74, 6) is 1.40. The number of benzene rings is 1. The SMILES string of the molecule is CCC(C)N1CCN(C(=O)Nc2ccc3c(c2)OCO3)CC1. The highest BCUT2D eigenvalue weighted by Crippen LogP contribution is 2.34. The monoisotopic (exact) mass is 305 g/mol. The summed E-state index contributed by atoms with van der Waals surface area (Å²) in [6.07, 6.45) is 1.14. The fraction of sp³-hybridized carbons (Fsp3) is 0.562. The standard InChI is InChI=1S/C16H23N3O3/c1-3-12(2)18-6-8-19(9-7-18)16(20)17-13-4-5-14-15(10-13)22-11-21-14/h4-5,10,12H,3,6-9,11H2,1-2H3,(H,17,20). The molecule has 0 saturated carbocycles. The molecule has 1 aromatic carbocycles. The number of hydrogen-bond acceptors (Lipinski definition) is 4. The number of rotatable bonds is 3. The van der Waals surface area contributed by atoms with Crippen LogP contribution in [-0.4, -0.2) is 54.8 Å². The van der Waals surface area contributed by atoms with E-state index in [2.05, 4.69) is 24.1 Å². The van der Waals surface area contributed by atoms with Gasteiger partial charge in [0, 0.05) is 44.0 Å². The van der Waals surface area contributed by atoms with Gasteiger partial charge in [-0.1, -0.05) is 6.92 Å². The third-order valence-electron chi connectivity index (χ3n) is 4.44. The molecule has 2 amide bonds. The first-order chi connectivity index (χ1) is 10.7. The highest BCUT2D eigenvalue weighted by Gasteiger charge is 2.23. The molecule has 1 N–H and O–H groups in total. The van der Waals surface area contributed by atoms with Gasteiger partial charge in [-0.05, 0) is 25.5 Å². The normalized spacial score (nSPS) is 19.1. The molecule has 0 spiro atoms. The minimum absolute atomic E-state index is 0.0531. The van der Waals surface area contributed by atoms with Crippen LogP contribution in [0.4, 0.5) is 10.5 Å². The molecule has 1 fully saturated rings. The van der Waals surface area contributed by atoms with E-state index in [4.69, 9.17) is 9.47 Å². The van der Waals surface area contributed by atoms with Crippen molar-refractivity contribution in [2.45, 2.75) is 26.3 Å². The van der Waals surface area contributed by atoms with Crippen molar-refractivity contribution in [3.63, 3.8) is 0 Å². The van der Waals surface area contributed by atoms with Gasteiger partial charge in [-0.15, -0.1) is 0 Å². The molecule has 6 nitrogen and oxygen atoms in total. The lowest BCUT2D eigenvalue weighted by atomic mass is 10.2. The van der Waals surface area contributed by atoms with E-state index in [0.29, 0.717) is 11.8 Å². The third kappa shape index (κ3) is 3.11. The van der Waals surface area contributed by atoms with Gasteiger partial charge in [0.15, 0.2) is 11.5 Å². The maximum atomic E-state index is 12.3. The summed E-state index contributed by atoms with van der Waals surface area (Å²) in [6.45, 7) is 8.07. The Morgan fingerprint density at radius 2 is 1.95 bits per heavy atom. The number of fused-ring (bicyclic) bond motifs is 1. The number of carbonyl (C=O) groups is 1. The molecule has 0 bridgehead atoms. The van der Waals surface area contributed by atoms with Gasteiger partial charge in [0.05, 0.1) is 0 Å². The van der Waals surface area contributed by atoms with Gasteiger partial charge in [0.1, 0.15) is 0 Å². The second-order valence-corrected chi connectivity index (χ2v) is 5.78. The quantitative estimate of drug-likeness (QED) is 0.931. The van der Waals surface area contributed by atoms with Crippen LogP contribution in [0.2, 0.25) is 0 Å². The number of amides is 2. The molecule has 2 aliphatic rings. The van der Waals surface area contributed by atoms with Crippen LogP contribution in [0.5, 0.6) is 11.5 Å². The smallest absolute Gasteiger partial charge is 0.321 e. The minimum Gasteiger partial charge on any atom is -0.454 e. The Balaban J connectivity index is 1.55. The Labute approximate surface area is 131 Å². The number of ether oxygens (including phenoxy) is 2. The van der Waals surface area contributed by atoms with Crippen LogP contribution in [0.25, 0.3) is 0 Å². The molecule has 2 heterocycles. The van der Waals surface area contributed by atoms with E-state index < -0.39 is 0 Å². The average Bonchev–Trinajstić information content (AvgIpc) is 3.02. The van der Waals surface area contributed by atoms with Gasteiger partial charge in [-0.3, -0.25) is 4.90 Å². The van der Waals surface area contributed by atoms with E-state index in [0.717, 1.165) is 44.0 Å². The molecule has 0 aromatic heterocycles. The molecule has 1 aromatic rings. The first kappa shape index (κ1) is 15.0. The van der Waals surface area contributed by atoms with Crippen molar-refractivity contribution >= 4 is 11.7 Å². The summed E-state index contributed by atoms with van der Waals surface area (Å²) in [4.78, 5) is 16.6. The van der Waals surface area contributed by atoms with E-state index in [-0.39, 0.29) is 12.8 Å². The third-order valence-corrected chi connectivity index (χ3v) is 4.44. The molecule has 0 aliphatic carbocycles. The highest BCUT2D eigenvalue weighted by atomic mass is 16.7. The lowest BCUT2D eigenvalue weighted by Crippen LogP contribution is -2.52. The first-order valence-corrected chi connectivity index (χ1v) is 7.87. The molecule has 0 radical (unpaired) electrons. The Bertz CT molecular complexity index is 541. The maximum absolute atomic E-state index is 12.3. The van der Waals surface area contributed by atoms with Crippen molar-refractivity contribution < 1.29 is 14.3 Å². The molecule has 1 saturated heterocycles. The van der Waals surface area contributed by atoms with Gasteiger partial charge < -0.3 is 19.7 Å². The van der Waals surface area contributed by atoms with Crippen molar-refractivity contribution in [3.05, 3.63) is 18.2 Å². The van der Waals surface area contributed by atoms with Crippen molar-refractivity contribution in [1.29, 1.82) is 0 Å². The fourth-order valence-corrected chi connectivity index (χ4v) is 2.80. The van der Waals surface area contributed by atoms with Crippen LogP contribution in [0.1, 0.15) is 20.3 Å². The van der Waals surface area contributed by atoms with Crippen LogP contribution in [0, 0.1) is 0 Å². The number of nitrogens with zero attached hydrogens (tertiary/aromatic N) is 2. The van der Waals surface area contributed by atoms with Crippen molar-refractivity contribution in [2.75, 3.05) is 38.3 Å². The summed E-state index contributed by atoms with van der Waals surface area (Å²) < 4.78 is 10.6. The van der Waals surface area contributed by atoms with Gasteiger partial charge in [-0.25, -0.2) is 4.79 Å². The Kier molecular flexibility index (Phi) is 4.38. The van der Waals surface area contributed by atoms with Crippen LogP contribution in [0.3, 0.4) is 0 Å². The highest BCUT2D eigenvalue weighted by molar-refractivity contribution is 5.89. The van der Waals surface area contributed by atoms with Crippen LogP contribution in [-0.2, 0) is 0 Å². The molecule has 2 aliphatic heterocycles. The fourth-order valence-electron chi connectivity index (χ4n) is 2.80. The van der Waals surface area contributed by atoms with E-state index >= 15 is 0 Å². The van der Waals surface area contributed by atoms with Crippen LogP contribution in [0.15, 0.2) is 18.2 Å². The van der Waals surface area contributed by atoms with Gasteiger partial charge in [-0.2, -0.15) is 0 Å². The zero-order valence-electron chi connectivity index (χ0n) is 13.2. The van der Waals surface area contributed by atoms with Crippen molar-refractivity contribution in [3.8, 4) is 11.5 Å². The number of urea groups is 1. The maximum Gasteiger partial charge on any atom is 0.321 e. The summed E-state index contributed by atoms with van der Waals surface area (Å²) in [5, 5.41) is 2.93. The molecule has 120 valence electrons. The second kappa shape index (κ2) is 6.44. The molecule has 22 heavy (non-hydrogen) atoms. The molecule has 1 unspecified atom stereocenters. The average molecular weight is 305 g/mol. The molecule has 1 atom stereocenters. The summed E-state index contributed by atoms with van der Waals surface area (Å²) in [5.41, 5.74) is 0.735. The Morgan fingerprint density at radius 1 is 1.23 bits per heavy atom. The number of piperazine rings is 1. The predicted octanol–water partition coefficient (Wildman–Crippen LogP) is 2.36. The Morgan fingerprint density at radius 3 is 2.68 bits per heavy atom. The lowest BCUT2D eigenvalue weighted by molar-refractivity contribution is 0.117. The van der Waals surface area contributed by atoms with Crippen molar-refractivity contribution in [1.82, 2.24) is 9.80 Å². The van der Waals surface area contributed by atoms with E-state index in [1.165, 1.54) is 0 Å². The summed E-state index contributed by atoms with van der Waals surface area (Å²) in [7, 11) is 0. The van der Waals surface area contributed by atoms with E-state index in [1.807, 2.05) is 17.0 Å². The van der Waals surface area contributed by atoms with Crippen molar-refractivity contribution in [2.24, 2.45) is 0 Å². The topological polar surface area (TPSA) is 54.0 Å². The second-order valence-electron chi connectivity index (χ2n) is 5.78. The summed E-state index contributed by atoms with van der Waals surface area (Å²) in [6, 6.07) is 5.98. The zero-order chi connectivity index (χ0) is 15.5. The number of nitrogens with one attached hydrogen (secondary N) is 1. The largest absolute Gasteiger partial charge is 0.454 e. The van der Waals surface area contributed by atoms with Gasteiger partial charge in [0.2, 0.25) is 6.79 Å². The molecule has 6 heteroatoms. The predicted molar refractivity (Wildman–Crippen MR) is 84.5 cm³/mol. The zero-order valence-corrected chi connectivity index (χ0v) is 13.2. The van der Waals surface area contributed by atoms with E-state index in [9.17, 15) is 4.79 Å². The van der Waals surface area contributed by atoms with Crippen LogP contribution >= 0.6 is 0 Å². The number of hydrogen-bond donors (Lipinski definition) is 1. The molecular formula is C16H23N3O3.